The minimum atomic E-state index is 0. The third-order valence-corrected chi connectivity index (χ3v) is 4.08. The van der Waals surface area contributed by atoms with E-state index in [0.29, 0.717) is 17.8 Å². The molecule has 0 aliphatic carbocycles. The molecule has 1 aromatic carbocycles. The highest BCUT2D eigenvalue weighted by Crippen LogP contribution is 2.10. The van der Waals surface area contributed by atoms with Crippen LogP contribution in [0, 0.1) is 0 Å². The van der Waals surface area contributed by atoms with Gasteiger partial charge in [-0.1, -0.05) is 12.1 Å². The van der Waals surface area contributed by atoms with Crippen LogP contribution in [-0.2, 0) is 6.42 Å². The number of phenolic OH excluding ortho intramolecular Hbond substituents is 1. The maximum atomic E-state index is 9.28. The molecule has 6 heteroatoms. The monoisotopic (exact) mass is 462 g/mol. The van der Waals surface area contributed by atoms with Crippen molar-refractivity contribution >= 4 is 29.9 Å². The Hall–Kier alpha value is -1.02. The molecule has 0 heterocycles. The molecule has 25 heavy (non-hydrogen) atoms. The van der Waals surface area contributed by atoms with Crippen LogP contribution in [0.5, 0.6) is 5.75 Å². The molecule has 0 spiro atoms. The molecular formula is C19H35IN4O. The Labute approximate surface area is 170 Å². The molecule has 0 fully saturated rings. The van der Waals surface area contributed by atoms with Crippen molar-refractivity contribution in [2.24, 2.45) is 4.99 Å². The van der Waals surface area contributed by atoms with Gasteiger partial charge in [0, 0.05) is 38.8 Å². The topological polar surface area (TPSA) is 59.9 Å². The lowest BCUT2D eigenvalue weighted by Crippen LogP contribution is -2.45. The fraction of sp³-hybridized carbons (Fsp3) is 0.632. The second kappa shape index (κ2) is 13.2. The summed E-state index contributed by atoms with van der Waals surface area (Å²) in [5.74, 6) is 1.17. The van der Waals surface area contributed by atoms with Gasteiger partial charge in [-0.25, -0.2) is 0 Å². The van der Waals surface area contributed by atoms with E-state index in [9.17, 15) is 5.11 Å². The molecule has 0 saturated carbocycles. The normalized spacial score (nSPS) is 11.8. The number of nitrogens with one attached hydrogen (secondary N) is 2. The Kier molecular flexibility index (Phi) is 12.7. The predicted octanol–water partition coefficient (Wildman–Crippen LogP) is 3.23. The van der Waals surface area contributed by atoms with Crippen LogP contribution in [0.2, 0.25) is 0 Å². The van der Waals surface area contributed by atoms with Crippen molar-refractivity contribution < 1.29 is 5.11 Å². The summed E-state index contributed by atoms with van der Waals surface area (Å²) in [6.45, 7) is 11.7. The van der Waals surface area contributed by atoms with Gasteiger partial charge in [0.25, 0.3) is 0 Å². The molecule has 0 amide bonds. The lowest BCUT2D eigenvalue weighted by Gasteiger charge is -2.30. The van der Waals surface area contributed by atoms with E-state index < -0.39 is 0 Å². The van der Waals surface area contributed by atoms with E-state index in [1.807, 2.05) is 12.1 Å². The Morgan fingerprint density at radius 1 is 1.04 bits per heavy atom. The zero-order valence-corrected chi connectivity index (χ0v) is 18.6. The average Bonchev–Trinajstić information content (AvgIpc) is 2.54. The molecule has 0 aliphatic rings. The number of hydrogen-bond acceptors (Lipinski definition) is 3. The fourth-order valence-corrected chi connectivity index (χ4v) is 2.80. The number of rotatable bonds is 9. The molecule has 0 saturated heterocycles. The van der Waals surface area contributed by atoms with Gasteiger partial charge in [-0.3, -0.25) is 9.89 Å². The summed E-state index contributed by atoms with van der Waals surface area (Å²) in [6, 6.07) is 8.50. The number of aryl methyl sites for hydroxylation is 1. The molecule has 0 bridgehead atoms. The molecule has 0 atom stereocenters. The van der Waals surface area contributed by atoms with E-state index in [0.717, 1.165) is 38.4 Å². The SMILES string of the molecule is CN=C(NCCCc1ccc(O)cc1)NCCN(C(C)C)C(C)C.I. The molecule has 0 aromatic heterocycles. The maximum Gasteiger partial charge on any atom is 0.191 e. The molecule has 1 aromatic rings. The number of aromatic hydroxyl groups is 1. The summed E-state index contributed by atoms with van der Waals surface area (Å²) < 4.78 is 0. The van der Waals surface area contributed by atoms with Crippen LogP contribution in [0.3, 0.4) is 0 Å². The summed E-state index contributed by atoms with van der Waals surface area (Å²) >= 11 is 0. The quantitative estimate of drug-likeness (QED) is 0.228. The smallest absolute Gasteiger partial charge is 0.191 e. The van der Waals surface area contributed by atoms with Gasteiger partial charge in [-0.05, 0) is 58.2 Å². The van der Waals surface area contributed by atoms with Crippen molar-refractivity contribution in [3.8, 4) is 5.75 Å². The number of guanidine groups is 1. The fourth-order valence-electron chi connectivity index (χ4n) is 2.80. The van der Waals surface area contributed by atoms with Gasteiger partial charge < -0.3 is 15.7 Å². The molecule has 1 rings (SSSR count). The highest BCUT2D eigenvalue weighted by molar-refractivity contribution is 14.0. The Bertz CT molecular complexity index is 481. The summed E-state index contributed by atoms with van der Waals surface area (Å²) in [5, 5.41) is 16.0. The lowest BCUT2D eigenvalue weighted by atomic mass is 10.1. The molecule has 0 unspecified atom stereocenters. The Morgan fingerprint density at radius 3 is 2.12 bits per heavy atom. The van der Waals surface area contributed by atoms with Crippen LogP contribution in [0.15, 0.2) is 29.3 Å². The minimum Gasteiger partial charge on any atom is -0.508 e. The third-order valence-electron chi connectivity index (χ3n) is 4.08. The van der Waals surface area contributed by atoms with Gasteiger partial charge in [0.1, 0.15) is 5.75 Å². The van der Waals surface area contributed by atoms with E-state index in [2.05, 4.69) is 48.2 Å². The summed E-state index contributed by atoms with van der Waals surface area (Å²) in [4.78, 5) is 6.74. The molecule has 0 aliphatic heterocycles. The number of benzene rings is 1. The van der Waals surface area contributed by atoms with Crippen molar-refractivity contribution in [1.82, 2.24) is 15.5 Å². The van der Waals surface area contributed by atoms with Crippen molar-refractivity contribution in [2.45, 2.75) is 52.6 Å². The van der Waals surface area contributed by atoms with Crippen molar-refractivity contribution in [2.75, 3.05) is 26.7 Å². The first-order valence-corrected chi connectivity index (χ1v) is 8.92. The first kappa shape index (κ1) is 24.0. The summed E-state index contributed by atoms with van der Waals surface area (Å²) in [5.41, 5.74) is 1.24. The van der Waals surface area contributed by atoms with E-state index in [-0.39, 0.29) is 24.0 Å². The van der Waals surface area contributed by atoms with Crippen LogP contribution in [0.25, 0.3) is 0 Å². The first-order chi connectivity index (χ1) is 11.4. The van der Waals surface area contributed by atoms with Crippen molar-refractivity contribution in [3.05, 3.63) is 29.8 Å². The predicted molar refractivity (Wildman–Crippen MR) is 118 cm³/mol. The summed E-state index contributed by atoms with van der Waals surface area (Å²) in [6.07, 6.45) is 2.01. The Balaban J connectivity index is 0.00000576. The molecule has 144 valence electrons. The number of aliphatic imine (C=N–C) groups is 1. The zero-order chi connectivity index (χ0) is 17.9. The second-order valence-electron chi connectivity index (χ2n) is 6.62. The molecule has 3 N–H and O–H groups in total. The minimum absolute atomic E-state index is 0. The second-order valence-corrected chi connectivity index (χ2v) is 6.62. The van der Waals surface area contributed by atoms with E-state index in [1.54, 1.807) is 19.2 Å². The van der Waals surface area contributed by atoms with Crippen LogP contribution in [0.4, 0.5) is 0 Å². The average molecular weight is 462 g/mol. The largest absolute Gasteiger partial charge is 0.508 e. The van der Waals surface area contributed by atoms with Gasteiger partial charge in [-0.15, -0.1) is 24.0 Å². The van der Waals surface area contributed by atoms with Gasteiger partial charge >= 0.3 is 0 Å². The summed E-state index contributed by atoms with van der Waals surface area (Å²) in [7, 11) is 1.80. The standard InChI is InChI=1S/C19H34N4O.HI/c1-15(2)23(16(3)4)14-13-22-19(20-5)21-12-6-7-17-8-10-18(24)11-9-17;/h8-11,15-16,24H,6-7,12-14H2,1-5H3,(H2,20,21,22);1H. The van der Waals surface area contributed by atoms with Crippen LogP contribution in [0.1, 0.15) is 39.7 Å². The van der Waals surface area contributed by atoms with Gasteiger partial charge in [0.2, 0.25) is 0 Å². The number of phenols is 1. The number of nitrogens with zero attached hydrogens (tertiary/aromatic N) is 2. The van der Waals surface area contributed by atoms with E-state index in [1.165, 1.54) is 5.56 Å². The first-order valence-electron chi connectivity index (χ1n) is 8.92. The van der Waals surface area contributed by atoms with Crippen LogP contribution in [-0.4, -0.2) is 54.7 Å². The van der Waals surface area contributed by atoms with Gasteiger partial charge in [0.05, 0.1) is 0 Å². The zero-order valence-electron chi connectivity index (χ0n) is 16.2. The lowest BCUT2D eigenvalue weighted by molar-refractivity contribution is 0.178. The van der Waals surface area contributed by atoms with E-state index in [4.69, 9.17) is 0 Å². The highest BCUT2D eigenvalue weighted by Gasteiger charge is 2.12. The Morgan fingerprint density at radius 2 is 1.60 bits per heavy atom. The molecule has 0 radical (unpaired) electrons. The number of hydrogen-bond donors (Lipinski definition) is 3. The number of halogens is 1. The maximum absolute atomic E-state index is 9.28. The van der Waals surface area contributed by atoms with Gasteiger partial charge in [0.15, 0.2) is 5.96 Å². The highest BCUT2D eigenvalue weighted by atomic mass is 127. The van der Waals surface area contributed by atoms with Crippen LogP contribution < -0.4 is 10.6 Å². The van der Waals surface area contributed by atoms with Crippen LogP contribution >= 0.6 is 24.0 Å². The third kappa shape index (κ3) is 9.89. The van der Waals surface area contributed by atoms with Crippen molar-refractivity contribution in [3.63, 3.8) is 0 Å². The van der Waals surface area contributed by atoms with E-state index >= 15 is 0 Å². The molecule has 5 nitrogen and oxygen atoms in total. The van der Waals surface area contributed by atoms with Crippen molar-refractivity contribution in [1.29, 1.82) is 0 Å². The molecular weight excluding hydrogens is 427 g/mol. The van der Waals surface area contributed by atoms with Gasteiger partial charge in [-0.2, -0.15) is 0 Å².